The van der Waals surface area contributed by atoms with Crippen molar-refractivity contribution in [2.24, 2.45) is 0 Å². The molecule has 5 rings (SSSR count). The number of hydrogen-bond donors (Lipinski definition) is 0. The van der Waals surface area contributed by atoms with E-state index in [0.717, 1.165) is 33.3 Å². The van der Waals surface area contributed by atoms with Gasteiger partial charge in [-0.2, -0.15) is 24.3 Å². The first-order chi connectivity index (χ1) is 14.9. The van der Waals surface area contributed by atoms with Gasteiger partial charge in [0.05, 0.1) is 0 Å². The number of rotatable bonds is 4. The quantitative estimate of drug-likeness (QED) is 0.228. The van der Waals surface area contributed by atoms with Crippen LogP contribution in [0.5, 0.6) is 0 Å². The smallest absolute Gasteiger partial charge is 0.304 e. The first kappa shape index (κ1) is 20.9. The van der Waals surface area contributed by atoms with Gasteiger partial charge in [-0.3, -0.25) is 0 Å². The Hall–Kier alpha value is -3.35. The largest absolute Gasteiger partial charge is 2.00 e. The minimum Gasteiger partial charge on any atom is -0.304 e. The molecule has 0 aliphatic carbocycles. The fourth-order valence-electron chi connectivity index (χ4n) is 3.54. The van der Waals surface area contributed by atoms with Crippen LogP contribution in [0.3, 0.4) is 0 Å². The predicted octanol–water partition coefficient (Wildman–Crippen LogP) is 6.51. The van der Waals surface area contributed by atoms with Crippen molar-refractivity contribution in [3.8, 4) is 0 Å². The van der Waals surface area contributed by atoms with Crippen molar-refractivity contribution in [2.45, 2.75) is 0 Å². The normalized spacial score (nSPS) is 11.4. The average Bonchev–Trinajstić information content (AvgIpc) is 2.82. The van der Waals surface area contributed by atoms with Gasteiger partial charge in [0.25, 0.3) is 0 Å². The van der Waals surface area contributed by atoms with Crippen LogP contribution >= 0.6 is 0 Å². The van der Waals surface area contributed by atoms with Crippen molar-refractivity contribution in [3.63, 3.8) is 0 Å². The van der Waals surface area contributed by atoms with Crippen LogP contribution in [0.25, 0.3) is 33.7 Å². The van der Waals surface area contributed by atoms with Crippen LogP contribution < -0.4 is 0 Å². The van der Waals surface area contributed by atoms with Gasteiger partial charge in [-0.25, -0.2) is 11.1 Å². The zero-order valence-corrected chi connectivity index (χ0v) is 18.9. The standard InChI is InChI=1S/C28H18N2.Pt/c1-2-8-22(14-16-28-26-12-6-4-10-24(26)18-20-30-28)21(7-1)13-15-27-25-11-5-3-9-23(25)17-19-29-27;/h1-12,15-20H;/q-2;+2. The van der Waals surface area contributed by atoms with Gasteiger partial charge in [0.1, 0.15) is 0 Å². The first-order valence-corrected chi connectivity index (χ1v) is 9.84. The van der Waals surface area contributed by atoms with Crippen molar-refractivity contribution in [2.75, 3.05) is 0 Å². The second-order valence-corrected chi connectivity index (χ2v) is 6.96. The van der Waals surface area contributed by atoms with Crippen LogP contribution in [-0.4, -0.2) is 9.97 Å². The second-order valence-electron chi connectivity index (χ2n) is 6.96. The molecule has 0 spiro atoms. The van der Waals surface area contributed by atoms with Crippen molar-refractivity contribution in [1.29, 1.82) is 0 Å². The van der Waals surface area contributed by atoms with E-state index >= 15 is 0 Å². The van der Waals surface area contributed by atoms with Crippen LogP contribution in [-0.2, 0) is 21.1 Å². The zero-order chi connectivity index (χ0) is 20.2. The summed E-state index contributed by atoms with van der Waals surface area (Å²) in [4.78, 5) is 9.05. The molecule has 150 valence electrons. The molecule has 0 fully saturated rings. The Labute approximate surface area is 196 Å². The third kappa shape index (κ3) is 4.55. The summed E-state index contributed by atoms with van der Waals surface area (Å²) in [7, 11) is 0. The van der Waals surface area contributed by atoms with Gasteiger partial charge >= 0.3 is 21.1 Å². The van der Waals surface area contributed by atoms with Gasteiger partial charge in [-0.1, -0.05) is 48.5 Å². The fraction of sp³-hybridized carbons (Fsp3) is 0. The molecule has 3 aromatic carbocycles. The van der Waals surface area contributed by atoms with Crippen LogP contribution in [0.4, 0.5) is 0 Å². The van der Waals surface area contributed by atoms with Crippen molar-refractivity contribution in [3.05, 3.63) is 132 Å². The topological polar surface area (TPSA) is 25.8 Å². The van der Waals surface area contributed by atoms with Crippen molar-refractivity contribution in [1.82, 2.24) is 9.97 Å². The van der Waals surface area contributed by atoms with Gasteiger partial charge in [0.15, 0.2) is 0 Å². The Bertz CT molecular complexity index is 1280. The summed E-state index contributed by atoms with van der Waals surface area (Å²) < 4.78 is 0. The van der Waals surface area contributed by atoms with E-state index in [2.05, 4.69) is 46.4 Å². The van der Waals surface area contributed by atoms with E-state index in [0.29, 0.717) is 0 Å². The molecule has 0 amide bonds. The third-order valence-corrected chi connectivity index (χ3v) is 5.06. The fourth-order valence-corrected chi connectivity index (χ4v) is 3.54. The van der Waals surface area contributed by atoms with E-state index in [4.69, 9.17) is 0 Å². The minimum absolute atomic E-state index is 0. The number of pyridine rings is 2. The first-order valence-electron chi connectivity index (χ1n) is 9.84. The van der Waals surface area contributed by atoms with Crippen molar-refractivity contribution >= 4 is 33.7 Å². The zero-order valence-electron chi connectivity index (χ0n) is 16.6. The van der Waals surface area contributed by atoms with Crippen LogP contribution in [0.15, 0.2) is 97.3 Å². The Balaban J connectivity index is 0.00000231. The molecule has 0 radical (unpaired) electrons. The van der Waals surface area contributed by atoms with Crippen LogP contribution in [0, 0.1) is 12.2 Å². The van der Waals surface area contributed by atoms with Gasteiger partial charge < -0.3 is 9.97 Å². The average molecular weight is 578 g/mol. The summed E-state index contributed by atoms with van der Waals surface area (Å²) in [6.45, 7) is 0. The van der Waals surface area contributed by atoms with Crippen molar-refractivity contribution < 1.29 is 21.1 Å². The number of hydrogen-bond acceptors (Lipinski definition) is 2. The maximum absolute atomic E-state index is 4.52. The Morgan fingerprint density at radius 2 is 0.935 bits per heavy atom. The molecule has 2 heterocycles. The second kappa shape index (κ2) is 9.64. The van der Waals surface area contributed by atoms with E-state index in [1.165, 1.54) is 10.8 Å². The molecule has 0 aliphatic rings. The predicted molar refractivity (Wildman–Crippen MR) is 124 cm³/mol. The van der Waals surface area contributed by atoms with E-state index in [1.54, 1.807) is 0 Å². The molecule has 31 heavy (non-hydrogen) atoms. The van der Waals surface area contributed by atoms with E-state index in [1.807, 2.05) is 85.2 Å². The van der Waals surface area contributed by atoms with Gasteiger partial charge in [-0.15, -0.1) is 24.3 Å². The molecule has 2 aromatic heterocycles. The molecule has 2 nitrogen and oxygen atoms in total. The Morgan fingerprint density at radius 1 is 0.516 bits per heavy atom. The van der Waals surface area contributed by atoms with Crippen LogP contribution in [0.2, 0.25) is 0 Å². The molecular weight excluding hydrogens is 559 g/mol. The molecule has 0 aliphatic heterocycles. The molecule has 0 N–H and O–H groups in total. The van der Waals surface area contributed by atoms with Gasteiger partial charge in [-0.05, 0) is 45.1 Å². The molecule has 0 saturated carbocycles. The Morgan fingerprint density at radius 3 is 1.42 bits per heavy atom. The van der Waals surface area contributed by atoms with Crippen LogP contribution in [0.1, 0.15) is 22.5 Å². The summed E-state index contributed by atoms with van der Waals surface area (Å²) in [6, 6.07) is 28.6. The SMILES string of the molecule is [C-](=Cc1nccc2ccccc12)c1ccccc1[C-]=Cc1nccc2ccccc12.[Pt+2]. The molecule has 3 heteroatoms. The van der Waals surface area contributed by atoms with E-state index < -0.39 is 0 Å². The molecule has 0 unspecified atom stereocenters. The number of aromatic nitrogens is 2. The summed E-state index contributed by atoms with van der Waals surface area (Å²) in [6.07, 6.45) is 14.4. The summed E-state index contributed by atoms with van der Waals surface area (Å²) >= 11 is 0. The summed E-state index contributed by atoms with van der Waals surface area (Å²) in [5.41, 5.74) is 3.73. The molecule has 5 aromatic rings. The summed E-state index contributed by atoms with van der Waals surface area (Å²) in [5, 5.41) is 4.57. The van der Waals surface area contributed by atoms with E-state index in [-0.39, 0.29) is 21.1 Å². The third-order valence-electron chi connectivity index (χ3n) is 5.06. The Kier molecular flexibility index (Phi) is 6.50. The number of fused-ring (bicyclic) bond motifs is 2. The maximum Gasteiger partial charge on any atom is 2.00 e. The van der Waals surface area contributed by atoms with Gasteiger partial charge in [0.2, 0.25) is 0 Å². The van der Waals surface area contributed by atoms with Gasteiger partial charge in [0, 0.05) is 12.4 Å². The maximum atomic E-state index is 4.52. The number of benzene rings is 3. The molecule has 0 bridgehead atoms. The minimum atomic E-state index is 0. The molecular formula is C28H18N2Pt. The monoisotopic (exact) mass is 577 g/mol. The number of nitrogens with zero attached hydrogens (tertiary/aromatic N) is 2. The summed E-state index contributed by atoms with van der Waals surface area (Å²) in [5.74, 6) is 0. The molecule has 0 saturated heterocycles. The molecule has 0 atom stereocenters. The van der Waals surface area contributed by atoms with E-state index in [9.17, 15) is 0 Å².